The normalized spacial score (nSPS) is 14.8. The number of rotatable bonds is 9. The van der Waals surface area contributed by atoms with E-state index in [0.717, 1.165) is 30.4 Å². The monoisotopic (exact) mass is 446 g/mol. The zero-order chi connectivity index (χ0) is 22.3. The first-order chi connectivity index (χ1) is 14.9. The Kier molecular flexibility index (Phi) is 7.92. The average molecular weight is 447 g/mol. The van der Waals surface area contributed by atoms with Crippen molar-refractivity contribution in [3.05, 3.63) is 53.6 Å². The molecule has 1 amide bonds. The standard InChI is InChI=1S/C23H30N2O5S/c1-29-21-11-8-19(16-22(21)30-2)12-13-24-23(26)17-18-6-9-20(10-7-18)31(27,28)25-14-4-3-5-15-25/h6-11,16H,3-5,12-15,17H2,1-2H3,(H,24,26). The van der Waals surface area contributed by atoms with E-state index >= 15 is 0 Å². The molecular weight excluding hydrogens is 416 g/mol. The molecule has 0 saturated carbocycles. The highest BCUT2D eigenvalue weighted by Gasteiger charge is 2.25. The van der Waals surface area contributed by atoms with Gasteiger partial charge in [0.1, 0.15) is 0 Å². The van der Waals surface area contributed by atoms with E-state index < -0.39 is 10.0 Å². The third-order valence-corrected chi connectivity index (χ3v) is 7.34. The molecule has 3 rings (SSSR count). The van der Waals surface area contributed by atoms with Crippen molar-refractivity contribution in [3.8, 4) is 11.5 Å². The predicted octanol–water partition coefficient (Wildman–Crippen LogP) is 2.78. The molecule has 2 aromatic carbocycles. The van der Waals surface area contributed by atoms with Crippen LogP contribution in [0.1, 0.15) is 30.4 Å². The summed E-state index contributed by atoms with van der Waals surface area (Å²) in [5.74, 6) is 1.22. The van der Waals surface area contributed by atoms with Crippen LogP contribution in [0.15, 0.2) is 47.4 Å². The molecule has 0 bridgehead atoms. The summed E-state index contributed by atoms with van der Waals surface area (Å²) in [6.07, 6.45) is 3.75. The minimum atomic E-state index is -3.45. The number of nitrogens with one attached hydrogen (secondary N) is 1. The number of hydrogen-bond acceptors (Lipinski definition) is 5. The lowest BCUT2D eigenvalue weighted by Crippen LogP contribution is -2.35. The maximum Gasteiger partial charge on any atom is 0.243 e. The summed E-state index contributed by atoms with van der Waals surface area (Å²) < 4.78 is 37.5. The Morgan fingerprint density at radius 1 is 0.935 bits per heavy atom. The zero-order valence-corrected chi connectivity index (χ0v) is 18.9. The largest absolute Gasteiger partial charge is 0.493 e. The fourth-order valence-electron chi connectivity index (χ4n) is 3.66. The van der Waals surface area contributed by atoms with E-state index in [1.807, 2.05) is 18.2 Å². The Balaban J connectivity index is 1.50. The summed E-state index contributed by atoms with van der Waals surface area (Å²) in [6.45, 7) is 1.65. The van der Waals surface area contributed by atoms with E-state index in [0.29, 0.717) is 37.6 Å². The van der Waals surface area contributed by atoms with Gasteiger partial charge in [0, 0.05) is 19.6 Å². The molecule has 1 aliphatic heterocycles. The predicted molar refractivity (Wildman–Crippen MR) is 119 cm³/mol. The molecule has 0 aliphatic carbocycles. The summed E-state index contributed by atoms with van der Waals surface area (Å²) in [6, 6.07) is 12.3. The van der Waals surface area contributed by atoms with Crippen LogP contribution in [0.25, 0.3) is 0 Å². The topological polar surface area (TPSA) is 84.9 Å². The van der Waals surface area contributed by atoms with Gasteiger partial charge in [-0.3, -0.25) is 4.79 Å². The fourth-order valence-corrected chi connectivity index (χ4v) is 5.18. The number of benzene rings is 2. The van der Waals surface area contributed by atoms with Crippen LogP contribution in [0.3, 0.4) is 0 Å². The maximum atomic E-state index is 12.7. The molecule has 168 valence electrons. The molecule has 1 N–H and O–H groups in total. The lowest BCUT2D eigenvalue weighted by Gasteiger charge is -2.25. The molecule has 1 saturated heterocycles. The quantitative estimate of drug-likeness (QED) is 0.640. The molecule has 1 heterocycles. The van der Waals surface area contributed by atoms with Crippen LogP contribution in [-0.4, -0.2) is 52.5 Å². The van der Waals surface area contributed by atoms with Gasteiger partial charge in [0.25, 0.3) is 0 Å². The van der Waals surface area contributed by atoms with Crippen molar-refractivity contribution in [1.82, 2.24) is 9.62 Å². The number of ether oxygens (including phenoxy) is 2. The number of sulfonamides is 1. The van der Waals surface area contributed by atoms with Crippen molar-refractivity contribution in [3.63, 3.8) is 0 Å². The van der Waals surface area contributed by atoms with E-state index in [1.165, 1.54) is 0 Å². The van der Waals surface area contributed by atoms with E-state index in [9.17, 15) is 13.2 Å². The number of carbonyl (C=O) groups is 1. The third-order valence-electron chi connectivity index (χ3n) is 5.42. The Bertz CT molecular complexity index is 984. The molecule has 0 spiro atoms. The van der Waals surface area contributed by atoms with E-state index in [-0.39, 0.29) is 17.2 Å². The van der Waals surface area contributed by atoms with Crippen molar-refractivity contribution in [2.24, 2.45) is 0 Å². The smallest absolute Gasteiger partial charge is 0.243 e. The molecule has 2 aromatic rings. The second-order valence-corrected chi connectivity index (χ2v) is 9.51. The first-order valence-corrected chi connectivity index (χ1v) is 11.9. The van der Waals surface area contributed by atoms with Crippen molar-refractivity contribution in [2.75, 3.05) is 33.9 Å². The second-order valence-electron chi connectivity index (χ2n) is 7.57. The van der Waals surface area contributed by atoms with Gasteiger partial charge in [-0.05, 0) is 54.7 Å². The summed E-state index contributed by atoms with van der Waals surface area (Å²) in [4.78, 5) is 12.6. The summed E-state index contributed by atoms with van der Waals surface area (Å²) in [5.41, 5.74) is 1.81. The van der Waals surface area contributed by atoms with Gasteiger partial charge in [-0.1, -0.05) is 24.6 Å². The first kappa shape index (κ1) is 23.1. The average Bonchev–Trinajstić information content (AvgIpc) is 2.80. The minimum Gasteiger partial charge on any atom is -0.493 e. The van der Waals surface area contributed by atoms with Gasteiger partial charge >= 0.3 is 0 Å². The van der Waals surface area contributed by atoms with Crippen LogP contribution in [0.2, 0.25) is 0 Å². The van der Waals surface area contributed by atoms with Gasteiger partial charge in [-0.2, -0.15) is 4.31 Å². The molecule has 0 atom stereocenters. The van der Waals surface area contributed by atoms with Gasteiger partial charge in [0.05, 0.1) is 25.5 Å². The van der Waals surface area contributed by atoms with Crippen LogP contribution >= 0.6 is 0 Å². The lowest BCUT2D eigenvalue weighted by atomic mass is 10.1. The number of hydrogen-bond donors (Lipinski definition) is 1. The minimum absolute atomic E-state index is 0.105. The molecule has 7 nitrogen and oxygen atoms in total. The number of carbonyl (C=O) groups excluding carboxylic acids is 1. The van der Waals surface area contributed by atoms with Crippen LogP contribution in [0.4, 0.5) is 0 Å². The summed E-state index contributed by atoms with van der Waals surface area (Å²) in [5, 5.41) is 2.90. The van der Waals surface area contributed by atoms with E-state index in [4.69, 9.17) is 9.47 Å². The molecule has 0 aromatic heterocycles. The summed E-state index contributed by atoms with van der Waals surface area (Å²) >= 11 is 0. The van der Waals surface area contributed by atoms with Crippen molar-refractivity contribution < 1.29 is 22.7 Å². The number of piperidine rings is 1. The fraction of sp³-hybridized carbons (Fsp3) is 0.435. The second kappa shape index (κ2) is 10.6. The Morgan fingerprint density at radius 2 is 1.58 bits per heavy atom. The highest BCUT2D eigenvalue weighted by molar-refractivity contribution is 7.89. The highest BCUT2D eigenvalue weighted by atomic mass is 32.2. The van der Waals surface area contributed by atoms with Gasteiger partial charge in [0.15, 0.2) is 11.5 Å². The number of methoxy groups -OCH3 is 2. The SMILES string of the molecule is COc1ccc(CCNC(=O)Cc2ccc(S(=O)(=O)N3CCCCC3)cc2)cc1OC. The zero-order valence-electron chi connectivity index (χ0n) is 18.1. The van der Waals surface area contributed by atoms with Crippen molar-refractivity contribution in [1.29, 1.82) is 0 Å². The van der Waals surface area contributed by atoms with Crippen molar-refractivity contribution in [2.45, 2.75) is 37.0 Å². The van der Waals surface area contributed by atoms with Gasteiger partial charge < -0.3 is 14.8 Å². The Labute approximate surface area is 184 Å². The molecule has 8 heteroatoms. The molecule has 1 fully saturated rings. The third kappa shape index (κ3) is 5.98. The molecule has 1 aliphatic rings. The van der Waals surface area contributed by atoms with E-state index in [1.54, 1.807) is 42.8 Å². The van der Waals surface area contributed by atoms with Crippen LogP contribution < -0.4 is 14.8 Å². The first-order valence-electron chi connectivity index (χ1n) is 10.5. The van der Waals surface area contributed by atoms with E-state index in [2.05, 4.69) is 5.32 Å². The molecular formula is C23H30N2O5S. The number of nitrogens with zero attached hydrogens (tertiary/aromatic N) is 1. The molecule has 0 unspecified atom stereocenters. The Morgan fingerprint density at radius 3 is 2.23 bits per heavy atom. The van der Waals surface area contributed by atoms with Crippen LogP contribution in [0, 0.1) is 0 Å². The molecule has 31 heavy (non-hydrogen) atoms. The molecule has 0 radical (unpaired) electrons. The van der Waals surface area contributed by atoms with Gasteiger partial charge in [0.2, 0.25) is 15.9 Å². The van der Waals surface area contributed by atoms with Gasteiger partial charge in [-0.25, -0.2) is 8.42 Å². The van der Waals surface area contributed by atoms with Gasteiger partial charge in [-0.15, -0.1) is 0 Å². The Hall–Kier alpha value is -2.58. The van der Waals surface area contributed by atoms with Crippen molar-refractivity contribution >= 4 is 15.9 Å². The van der Waals surface area contributed by atoms with Crippen LogP contribution in [-0.2, 0) is 27.7 Å². The highest BCUT2D eigenvalue weighted by Crippen LogP contribution is 2.27. The lowest BCUT2D eigenvalue weighted by molar-refractivity contribution is -0.120. The summed E-state index contributed by atoms with van der Waals surface area (Å²) in [7, 11) is -0.269. The number of amides is 1. The maximum absolute atomic E-state index is 12.7. The van der Waals surface area contributed by atoms with Crippen LogP contribution in [0.5, 0.6) is 11.5 Å².